The van der Waals surface area contributed by atoms with Crippen LogP contribution in [0.15, 0.2) is 48.5 Å². The number of alkyl halides is 3. The number of carbonyl (C=O) groups excluding carboxylic acids is 2. The van der Waals surface area contributed by atoms with Crippen molar-refractivity contribution in [3.8, 4) is 0 Å². The lowest BCUT2D eigenvalue weighted by Gasteiger charge is -2.26. The zero-order valence-electron chi connectivity index (χ0n) is 16.9. The maximum absolute atomic E-state index is 13.0. The zero-order chi connectivity index (χ0) is 21.8. The molecule has 0 atom stereocenters. The van der Waals surface area contributed by atoms with Crippen LogP contribution in [0.5, 0.6) is 0 Å². The Morgan fingerprint density at radius 1 is 0.966 bits per heavy atom. The molecule has 0 aliphatic carbocycles. The highest BCUT2D eigenvalue weighted by Gasteiger charge is 2.32. The third kappa shape index (κ3) is 6.07. The predicted octanol–water partition coefficient (Wildman–Crippen LogP) is 5.01. The maximum atomic E-state index is 13.0. The molecule has 0 aliphatic heterocycles. The maximum Gasteiger partial charge on any atom is 0.416 e. The van der Waals surface area contributed by atoms with Gasteiger partial charge < -0.3 is 10.6 Å². The molecule has 0 aromatic heterocycles. The van der Waals surface area contributed by atoms with E-state index in [-0.39, 0.29) is 24.3 Å². The number of rotatable bonds is 6. The highest BCUT2D eigenvalue weighted by Crippen LogP contribution is 2.32. The van der Waals surface area contributed by atoms with Crippen molar-refractivity contribution < 1.29 is 22.8 Å². The number of carbonyl (C=O) groups is 2. The van der Waals surface area contributed by atoms with E-state index >= 15 is 0 Å². The summed E-state index contributed by atoms with van der Waals surface area (Å²) in [6, 6.07) is 11.6. The van der Waals surface area contributed by atoms with Crippen molar-refractivity contribution in [1.29, 1.82) is 0 Å². The van der Waals surface area contributed by atoms with Gasteiger partial charge in [0.2, 0.25) is 5.91 Å². The van der Waals surface area contributed by atoms with Crippen LogP contribution in [0.25, 0.3) is 0 Å². The van der Waals surface area contributed by atoms with Crippen LogP contribution in [0.3, 0.4) is 0 Å². The zero-order valence-corrected chi connectivity index (χ0v) is 16.9. The number of nitrogens with one attached hydrogen (secondary N) is 2. The molecule has 0 saturated heterocycles. The number of hydrogen-bond donors (Lipinski definition) is 2. The molecule has 2 N–H and O–H groups in total. The number of anilines is 1. The average molecular weight is 406 g/mol. The SMILES string of the molecule is CC(C)C(=O)Nc1ccc(C(=O)NCC(C)(C)c2cccc(C(F)(F)F)c2)cc1. The van der Waals surface area contributed by atoms with Crippen molar-refractivity contribution in [3.63, 3.8) is 0 Å². The molecule has 0 unspecified atom stereocenters. The first-order valence-corrected chi connectivity index (χ1v) is 9.27. The Bertz CT molecular complexity index is 872. The van der Waals surface area contributed by atoms with E-state index in [0.717, 1.165) is 12.1 Å². The largest absolute Gasteiger partial charge is 0.416 e. The second kappa shape index (κ2) is 8.68. The minimum absolute atomic E-state index is 0.120. The summed E-state index contributed by atoms with van der Waals surface area (Å²) in [5.41, 5.74) is 0.0620. The van der Waals surface area contributed by atoms with Gasteiger partial charge in [-0.3, -0.25) is 9.59 Å². The summed E-state index contributed by atoms with van der Waals surface area (Å²) in [7, 11) is 0. The number of halogens is 3. The van der Waals surface area contributed by atoms with E-state index in [1.165, 1.54) is 6.07 Å². The van der Waals surface area contributed by atoms with E-state index in [1.54, 1.807) is 58.0 Å². The van der Waals surface area contributed by atoms with Crippen LogP contribution in [0.2, 0.25) is 0 Å². The van der Waals surface area contributed by atoms with Crippen molar-refractivity contribution in [2.75, 3.05) is 11.9 Å². The summed E-state index contributed by atoms with van der Waals surface area (Å²) >= 11 is 0. The van der Waals surface area contributed by atoms with Gasteiger partial charge in [0.15, 0.2) is 0 Å². The third-order valence-electron chi connectivity index (χ3n) is 4.60. The first-order chi connectivity index (χ1) is 13.4. The minimum Gasteiger partial charge on any atom is -0.351 e. The van der Waals surface area contributed by atoms with Crippen molar-refractivity contribution in [1.82, 2.24) is 5.32 Å². The molecule has 156 valence electrons. The van der Waals surface area contributed by atoms with Gasteiger partial charge in [-0.25, -0.2) is 0 Å². The van der Waals surface area contributed by atoms with Crippen LogP contribution in [0.4, 0.5) is 18.9 Å². The molecule has 0 bridgehead atoms. The van der Waals surface area contributed by atoms with E-state index in [0.29, 0.717) is 16.8 Å². The molecule has 2 amide bonds. The fourth-order valence-electron chi connectivity index (χ4n) is 2.61. The molecule has 7 heteroatoms. The van der Waals surface area contributed by atoms with Crippen LogP contribution in [0.1, 0.15) is 49.2 Å². The van der Waals surface area contributed by atoms with Gasteiger partial charge in [-0.05, 0) is 35.9 Å². The molecule has 0 spiro atoms. The Kier molecular flexibility index (Phi) is 6.72. The van der Waals surface area contributed by atoms with Gasteiger partial charge in [-0.15, -0.1) is 0 Å². The highest BCUT2D eigenvalue weighted by atomic mass is 19.4. The average Bonchev–Trinajstić information content (AvgIpc) is 2.66. The van der Waals surface area contributed by atoms with Crippen LogP contribution in [0, 0.1) is 5.92 Å². The molecule has 0 saturated carbocycles. The molecule has 29 heavy (non-hydrogen) atoms. The smallest absolute Gasteiger partial charge is 0.351 e. The molecule has 0 heterocycles. The molecule has 2 rings (SSSR count). The van der Waals surface area contributed by atoms with E-state index in [1.807, 2.05) is 0 Å². The van der Waals surface area contributed by atoms with Crippen LogP contribution in [-0.2, 0) is 16.4 Å². The van der Waals surface area contributed by atoms with Crippen molar-refractivity contribution >= 4 is 17.5 Å². The molecule has 2 aromatic carbocycles. The highest BCUT2D eigenvalue weighted by molar-refractivity contribution is 5.96. The van der Waals surface area contributed by atoms with Gasteiger partial charge >= 0.3 is 6.18 Å². The van der Waals surface area contributed by atoms with E-state index in [4.69, 9.17) is 0 Å². The van der Waals surface area contributed by atoms with Gasteiger partial charge in [0, 0.05) is 29.1 Å². The van der Waals surface area contributed by atoms with Gasteiger partial charge in [-0.1, -0.05) is 45.9 Å². The molecule has 0 radical (unpaired) electrons. The Morgan fingerprint density at radius 3 is 2.10 bits per heavy atom. The first kappa shape index (κ1) is 22.5. The lowest BCUT2D eigenvalue weighted by atomic mass is 9.83. The molecule has 0 fully saturated rings. The molecular weight excluding hydrogens is 381 g/mol. The monoisotopic (exact) mass is 406 g/mol. The Morgan fingerprint density at radius 2 is 1.55 bits per heavy atom. The summed E-state index contributed by atoms with van der Waals surface area (Å²) in [6.45, 7) is 7.27. The first-order valence-electron chi connectivity index (χ1n) is 9.27. The van der Waals surface area contributed by atoms with Gasteiger partial charge in [-0.2, -0.15) is 13.2 Å². The van der Waals surface area contributed by atoms with Crippen LogP contribution in [-0.4, -0.2) is 18.4 Å². The number of amides is 2. The Hall–Kier alpha value is -2.83. The second-order valence-corrected chi connectivity index (χ2v) is 7.87. The number of benzene rings is 2. The van der Waals surface area contributed by atoms with Gasteiger partial charge in [0.25, 0.3) is 5.91 Å². The molecule has 2 aromatic rings. The van der Waals surface area contributed by atoms with E-state index in [9.17, 15) is 22.8 Å². The number of hydrogen-bond acceptors (Lipinski definition) is 2. The fourth-order valence-corrected chi connectivity index (χ4v) is 2.61. The normalized spacial score (nSPS) is 12.0. The lowest BCUT2D eigenvalue weighted by molar-refractivity contribution is -0.137. The van der Waals surface area contributed by atoms with Crippen molar-refractivity contribution in [3.05, 3.63) is 65.2 Å². The molecular formula is C22H25F3N2O2. The second-order valence-electron chi connectivity index (χ2n) is 7.87. The fraction of sp³-hybridized carbons (Fsp3) is 0.364. The Balaban J connectivity index is 2.03. The Labute approximate surface area is 168 Å². The summed E-state index contributed by atoms with van der Waals surface area (Å²) in [5, 5.41) is 5.51. The topological polar surface area (TPSA) is 58.2 Å². The van der Waals surface area contributed by atoms with Crippen molar-refractivity contribution in [2.45, 2.75) is 39.3 Å². The quantitative estimate of drug-likeness (QED) is 0.709. The summed E-state index contributed by atoms with van der Waals surface area (Å²) in [4.78, 5) is 24.1. The standard InChI is InChI=1S/C22H25F3N2O2/c1-14(2)19(28)27-18-10-8-15(9-11-18)20(29)26-13-21(3,4)16-6-5-7-17(12-16)22(23,24)25/h5-12,14H,13H2,1-4H3,(H,26,29)(H,27,28). The summed E-state index contributed by atoms with van der Waals surface area (Å²) in [5.74, 6) is -0.618. The van der Waals surface area contributed by atoms with Crippen LogP contribution < -0.4 is 10.6 Å². The van der Waals surface area contributed by atoms with E-state index < -0.39 is 17.2 Å². The molecule has 0 aliphatic rings. The van der Waals surface area contributed by atoms with Gasteiger partial charge in [0.05, 0.1) is 5.56 Å². The summed E-state index contributed by atoms with van der Waals surface area (Å²) < 4.78 is 38.9. The van der Waals surface area contributed by atoms with Gasteiger partial charge in [0.1, 0.15) is 0 Å². The lowest BCUT2D eigenvalue weighted by Crippen LogP contribution is -2.36. The molecule has 4 nitrogen and oxygen atoms in total. The minimum atomic E-state index is -4.41. The predicted molar refractivity (Wildman–Crippen MR) is 107 cm³/mol. The summed E-state index contributed by atoms with van der Waals surface area (Å²) in [6.07, 6.45) is -4.41. The van der Waals surface area contributed by atoms with Crippen LogP contribution >= 0.6 is 0 Å². The third-order valence-corrected chi connectivity index (χ3v) is 4.60. The van der Waals surface area contributed by atoms with E-state index in [2.05, 4.69) is 10.6 Å². The van der Waals surface area contributed by atoms with Crippen molar-refractivity contribution in [2.24, 2.45) is 5.92 Å².